The molecular weight excluding hydrogens is 264 g/mol. The van der Waals surface area contributed by atoms with Crippen molar-refractivity contribution < 1.29 is 4.79 Å². The second-order valence-corrected chi connectivity index (χ2v) is 6.46. The van der Waals surface area contributed by atoms with Crippen LogP contribution in [-0.2, 0) is 17.8 Å². The summed E-state index contributed by atoms with van der Waals surface area (Å²) >= 11 is 0. The lowest BCUT2D eigenvalue weighted by Gasteiger charge is -2.36. The molecule has 0 radical (unpaired) electrons. The van der Waals surface area contributed by atoms with E-state index in [0.29, 0.717) is 6.42 Å². The van der Waals surface area contributed by atoms with Gasteiger partial charge in [0.15, 0.2) is 5.78 Å². The largest absolute Gasteiger partial charge is 0.297 e. The molecule has 1 saturated heterocycles. The SMILES string of the molecule is CCCn1ncnc1CC(=O)C(C)(C)N1CCCCCC1. The minimum absolute atomic E-state index is 0.245. The van der Waals surface area contributed by atoms with E-state index in [1.807, 2.05) is 4.68 Å². The van der Waals surface area contributed by atoms with Crippen LogP contribution in [0.3, 0.4) is 0 Å². The summed E-state index contributed by atoms with van der Waals surface area (Å²) in [5, 5.41) is 4.21. The highest BCUT2D eigenvalue weighted by Crippen LogP contribution is 2.22. The molecule has 0 aliphatic carbocycles. The van der Waals surface area contributed by atoms with Crippen molar-refractivity contribution in [1.82, 2.24) is 19.7 Å². The number of likely N-dealkylation sites (tertiary alicyclic amines) is 1. The first-order chi connectivity index (χ1) is 10.1. The Morgan fingerprint density at radius 2 is 1.90 bits per heavy atom. The molecule has 1 aliphatic heterocycles. The highest BCUT2D eigenvalue weighted by molar-refractivity contribution is 5.88. The Labute approximate surface area is 127 Å². The van der Waals surface area contributed by atoms with E-state index in [9.17, 15) is 4.79 Å². The Balaban J connectivity index is 2.04. The Bertz CT molecular complexity index is 459. The van der Waals surface area contributed by atoms with E-state index in [1.54, 1.807) is 6.33 Å². The summed E-state index contributed by atoms with van der Waals surface area (Å²) in [6.45, 7) is 9.10. The van der Waals surface area contributed by atoms with Gasteiger partial charge in [0.1, 0.15) is 12.2 Å². The fourth-order valence-electron chi connectivity index (χ4n) is 2.99. The van der Waals surface area contributed by atoms with Crippen molar-refractivity contribution in [2.45, 2.75) is 71.4 Å². The predicted molar refractivity (Wildman–Crippen MR) is 83.1 cm³/mol. The van der Waals surface area contributed by atoms with Crippen molar-refractivity contribution in [3.8, 4) is 0 Å². The summed E-state index contributed by atoms with van der Waals surface area (Å²) in [4.78, 5) is 19.4. The summed E-state index contributed by atoms with van der Waals surface area (Å²) in [6, 6.07) is 0. The number of carbonyl (C=O) groups is 1. The number of nitrogens with zero attached hydrogens (tertiary/aromatic N) is 4. The smallest absolute Gasteiger partial charge is 0.160 e. The van der Waals surface area contributed by atoms with Crippen molar-refractivity contribution in [1.29, 1.82) is 0 Å². The van der Waals surface area contributed by atoms with E-state index >= 15 is 0 Å². The van der Waals surface area contributed by atoms with Gasteiger partial charge in [0.05, 0.1) is 12.0 Å². The van der Waals surface area contributed by atoms with Crippen LogP contribution in [0.4, 0.5) is 0 Å². The second kappa shape index (κ2) is 7.16. The fraction of sp³-hybridized carbons (Fsp3) is 0.812. The van der Waals surface area contributed by atoms with E-state index in [2.05, 4.69) is 35.8 Å². The van der Waals surface area contributed by atoms with E-state index < -0.39 is 5.54 Å². The molecule has 1 aromatic heterocycles. The second-order valence-electron chi connectivity index (χ2n) is 6.46. The summed E-state index contributed by atoms with van der Waals surface area (Å²) in [5.74, 6) is 1.04. The molecule has 118 valence electrons. The van der Waals surface area contributed by atoms with Crippen LogP contribution in [0.1, 0.15) is 58.7 Å². The number of Topliss-reactive ketones (excluding diaryl/α,β-unsaturated/α-hetero) is 1. The Morgan fingerprint density at radius 1 is 1.24 bits per heavy atom. The molecule has 21 heavy (non-hydrogen) atoms. The van der Waals surface area contributed by atoms with Gasteiger partial charge in [0.25, 0.3) is 0 Å². The maximum Gasteiger partial charge on any atom is 0.160 e. The Morgan fingerprint density at radius 3 is 2.52 bits per heavy atom. The molecule has 0 amide bonds. The number of aromatic nitrogens is 3. The van der Waals surface area contributed by atoms with Crippen molar-refractivity contribution in [2.24, 2.45) is 0 Å². The van der Waals surface area contributed by atoms with Crippen molar-refractivity contribution in [3.63, 3.8) is 0 Å². The maximum atomic E-state index is 12.8. The van der Waals surface area contributed by atoms with Gasteiger partial charge >= 0.3 is 0 Å². The summed E-state index contributed by atoms with van der Waals surface area (Å²) in [7, 11) is 0. The van der Waals surface area contributed by atoms with Crippen molar-refractivity contribution >= 4 is 5.78 Å². The number of carbonyl (C=O) groups excluding carboxylic acids is 1. The minimum atomic E-state index is -0.409. The van der Waals surface area contributed by atoms with Crippen molar-refractivity contribution in [3.05, 3.63) is 12.2 Å². The van der Waals surface area contributed by atoms with Crippen LogP contribution in [-0.4, -0.2) is 44.1 Å². The van der Waals surface area contributed by atoms with Crippen LogP contribution in [0.2, 0.25) is 0 Å². The molecule has 0 saturated carbocycles. The standard InChI is InChI=1S/C16H28N4O/c1-4-9-20-15(17-13-18-20)12-14(21)16(2,3)19-10-7-5-6-8-11-19/h13H,4-12H2,1-3H3. The summed E-state index contributed by atoms with van der Waals surface area (Å²) < 4.78 is 1.86. The average molecular weight is 292 g/mol. The first-order valence-corrected chi connectivity index (χ1v) is 8.20. The van der Waals surface area contributed by atoms with Gasteiger partial charge in [-0.3, -0.25) is 9.69 Å². The quantitative estimate of drug-likeness (QED) is 0.808. The lowest BCUT2D eigenvalue weighted by atomic mass is 9.93. The molecule has 5 nitrogen and oxygen atoms in total. The van der Waals surface area contributed by atoms with Gasteiger partial charge in [-0.15, -0.1) is 0 Å². The monoisotopic (exact) mass is 292 g/mol. The van der Waals surface area contributed by atoms with Gasteiger partial charge in [-0.1, -0.05) is 19.8 Å². The Hall–Kier alpha value is -1.23. The average Bonchev–Trinajstić information content (AvgIpc) is 2.73. The Kier molecular flexibility index (Phi) is 5.51. The molecule has 0 spiro atoms. The topological polar surface area (TPSA) is 51.0 Å². The lowest BCUT2D eigenvalue weighted by molar-refractivity contribution is -0.129. The van der Waals surface area contributed by atoms with E-state index in [0.717, 1.165) is 31.9 Å². The third kappa shape index (κ3) is 3.90. The van der Waals surface area contributed by atoms with E-state index in [4.69, 9.17) is 0 Å². The molecule has 2 rings (SSSR count). The zero-order valence-electron chi connectivity index (χ0n) is 13.6. The highest BCUT2D eigenvalue weighted by atomic mass is 16.1. The van der Waals surface area contributed by atoms with Crippen LogP contribution in [0, 0.1) is 0 Å². The molecule has 2 heterocycles. The molecule has 0 unspecified atom stereocenters. The maximum absolute atomic E-state index is 12.8. The zero-order valence-corrected chi connectivity index (χ0v) is 13.6. The molecule has 0 aromatic carbocycles. The van der Waals surface area contributed by atoms with Crippen LogP contribution < -0.4 is 0 Å². The first-order valence-electron chi connectivity index (χ1n) is 8.20. The molecule has 1 fully saturated rings. The number of hydrogen-bond donors (Lipinski definition) is 0. The summed E-state index contributed by atoms with van der Waals surface area (Å²) in [6.07, 6.45) is 7.89. The molecule has 1 aliphatic rings. The minimum Gasteiger partial charge on any atom is -0.297 e. The molecule has 0 atom stereocenters. The van der Waals surface area contributed by atoms with Crippen LogP contribution in [0.15, 0.2) is 6.33 Å². The number of aryl methyl sites for hydroxylation is 1. The number of rotatable bonds is 6. The predicted octanol–water partition coefficient (Wildman–Crippen LogP) is 2.45. The van der Waals surface area contributed by atoms with Gasteiger partial charge in [0.2, 0.25) is 0 Å². The van der Waals surface area contributed by atoms with E-state index in [1.165, 1.54) is 25.7 Å². The van der Waals surface area contributed by atoms with Crippen LogP contribution in [0.25, 0.3) is 0 Å². The molecule has 0 N–H and O–H groups in total. The highest BCUT2D eigenvalue weighted by Gasteiger charge is 2.34. The molecular formula is C16H28N4O. The normalized spacial score (nSPS) is 17.7. The molecule has 1 aromatic rings. The van der Waals surface area contributed by atoms with Gasteiger partial charge < -0.3 is 0 Å². The third-order valence-corrected chi connectivity index (χ3v) is 4.53. The van der Waals surface area contributed by atoms with Gasteiger partial charge in [0, 0.05) is 6.54 Å². The lowest BCUT2D eigenvalue weighted by Crippen LogP contribution is -2.51. The van der Waals surface area contributed by atoms with E-state index in [-0.39, 0.29) is 5.78 Å². The molecule has 5 heteroatoms. The zero-order chi connectivity index (χ0) is 15.3. The van der Waals surface area contributed by atoms with Gasteiger partial charge in [-0.05, 0) is 46.2 Å². The van der Waals surface area contributed by atoms with Crippen LogP contribution in [0.5, 0.6) is 0 Å². The van der Waals surface area contributed by atoms with Crippen LogP contribution >= 0.6 is 0 Å². The third-order valence-electron chi connectivity index (χ3n) is 4.53. The fourth-order valence-corrected chi connectivity index (χ4v) is 2.99. The van der Waals surface area contributed by atoms with Gasteiger partial charge in [-0.2, -0.15) is 5.10 Å². The summed E-state index contributed by atoms with van der Waals surface area (Å²) in [5.41, 5.74) is -0.409. The number of ketones is 1. The number of hydrogen-bond acceptors (Lipinski definition) is 4. The molecule has 0 bridgehead atoms. The van der Waals surface area contributed by atoms with Gasteiger partial charge in [-0.25, -0.2) is 9.67 Å². The first kappa shape index (κ1) is 16.1. The van der Waals surface area contributed by atoms with Crippen molar-refractivity contribution in [2.75, 3.05) is 13.1 Å².